The van der Waals surface area contributed by atoms with Gasteiger partial charge in [0, 0.05) is 17.1 Å². The number of carbonyl (C=O) groups is 4. The first kappa shape index (κ1) is 37.0. The van der Waals surface area contributed by atoms with Crippen molar-refractivity contribution in [1.82, 2.24) is 25.5 Å². The number of alkyl carbamates (subject to hydrolysis) is 2. The van der Waals surface area contributed by atoms with Crippen LogP contribution in [0, 0.1) is 12.7 Å². The third-order valence-electron chi connectivity index (χ3n) is 6.61. The van der Waals surface area contributed by atoms with Gasteiger partial charge in [-0.3, -0.25) is 14.2 Å². The van der Waals surface area contributed by atoms with Crippen molar-refractivity contribution in [2.75, 3.05) is 6.54 Å². The summed E-state index contributed by atoms with van der Waals surface area (Å²) < 4.78 is 26.9. The SMILES string of the molecule is Cc1ncc(CNC(=O)[C@H](CCCCNC(=O)OC(C)(C)C)NC(=O)OC(C)(C)C)n1-c1ccc(Cl)cc1C(=O)c1ccccc1F. The van der Waals surface area contributed by atoms with E-state index in [4.69, 9.17) is 21.1 Å². The number of imidazole rings is 1. The van der Waals surface area contributed by atoms with Crippen molar-refractivity contribution in [2.24, 2.45) is 0 Å². The predicted molar refractivity (Wildman–Crippen MR) is 176 cm³/mol. The lowest BCUT2D eigenvalue weighted by Gasteiger charge is -2.23. The Hall–Kier alpha value is -4.45. The monoisotopic (exact) mass is 671 g/mol. The first-order valence-electron chi connectivity index (χ1n) is 15.3. The smallest absolute Gasteiger partial charge is 0.408 e. The molecule has 3 amide bonds. The first-order valence-corrected chi connectivity index (χ1v) is 15.7. The summed E-state index contributed by atoms with van der Waals surface area (Å²) in [7, 11) is 0. The number of benzene rings is 2. The Morgan fingerprint density at radius 1 is 0.915 bits per heavy atom. The zero-order chi connectivity index (χ0) is 34.9. The van der Waals surface area contributed by atoms with Gasteiger partial charge in [-0.15, -0.1) is 0 Å². The Bertz CT molecular complexity index is 1590. The fourth-order valence-corrected chi connectivity index (χ4v) is 4.79. The average Bonchev–Trinajstić information content (AvgIpc) is 3.32. The molecule has 0 fully saturated rings. The molecule has 13 heteroatoms. The maximum Gasteiger partial charge on any atom is 0.408 e. The molecule has 0 unspecified atom stereocenters. The molecule has 3 N–H and O–H groups in total. The van der Waals surface area contributed by atoms with Crippen LogP contribution in [0.5, 0.6) is 0 Å². The minimum absolute atomic E-state index is 0.0116. The van der Waals surface area contributed by atoms with Gasteiger partial charge in [0.25, 0.3) is 0 Å². The number of ketones is 1. The molecule has 0 spiro atoms. The number of aryl methyl sites for hydroxylation is 1. The molecule has 1 heterocycles. The number of nitrogens with zero attached hydrogens (tertiary/aromatic N) is 2. The highest BCUT2D eigenvalue weighted by Crippen LogP contribution is 2.26. The second-order valence-corrected chi connectivity index (χ2v) is 13.4. The molecule has 3 rings (SSSR count). The van der Waals surface area contributed by atoms with Gasteiger partial charge in [0.1, 0.15) is 28.9 Å². The van der Waals surface area contributed by atoms with Crippen LogP contribution in [0.25, 0.3) is 5.69 Å². The molecule has 0 aliphatic heterocycles. The lowest BCUT2D eigenvalue weighted by atomic mass is 10.0. The third kappa shape index (κ3) is 11.4. The lowest BCUT2D eigenvalue weighted by Crippen LogP contribution is -2.48. The van der Waals surface area contributed by atoms with Gasteiger partial charge in [-0.1, -0.05) is 23.7 Å². The standard InChI is InChI=1S/C34H43ClFN5O6/c1-21-38-19-23(41(21)28-16-15-22(35)18-25(28)29(42)24-12-8-9-13-26(24)36)20-39-30(43)27(40-32(45)47-34(5,6)7)14-10-11-17-37-31(44)46-33(2,3)4/h8-9,12-13,15-16,18-19,27H,10-11,14,17,20H2,1-7H3,(H,37,44)(H,39,43)(H,40,45)/t27-/m0/s1. The molecule has 0 aliphatic carbocycles. The number of hydrogen-bond donors (Lipinski definition) is 3. The molecule has 0 aliphatic rings. The Morgan fingerprint density at radius 2 is 1.57 bits per heavy atom. The molecule has 2 aromatic carbocycles. The Balaban J connectivity index is 1.77. The van der Waals surface area contributed by atoms with Gasteiger partial charge in [-0.25, -0.2) is 19.0 Å². The van der Waals surface area contributed by atoms with Crippen molar-refractivity contribution in [3.8, 4) is 5.69 Å². The van der Waals surface area contributed by atoms with E-state index in [1.807, 2.05) is 0 Å². The van der Waals surface area contributed by atoms with Gasteiger partial charge in [-0.2, -0.15) is 0 Å². The fourth-order valence-electron chi connectivity index (χ4n) is 4.62. The molecule has 1 aromatic heterocycles. The van der Waals surface area contributed by atoms with E-state index in [0.29, 0.717) is 41.6 Å². The number of hydrogen-bond acceptors (Lipinski definition) is 7. The van der Waals surface area contributed by atoms with Crippen LogP contribution in [0.3, 0.4) is 0 Å². The molecule has 254 valence electrons. The van der Waals surface area contributed by atoms with Gasteiger partial charge in [0.15, 0.2) is 5.78 Å². The molecule has 47 heavy (non-hydrogen) atoms. The molecule has 11 nitrogen and oxygen atoms in total. The fraction of sp³-hybridized carbons (Fsp3) is 0.441. The van der Waals surface area contributed by atoms with E-state index in [-0.39, 0.29) is 24.1 Å². The van der Waals surface area contributed by atoms with Gasteiger partial charge in [-0.05, 0) is 98.1 Å². The van der Waals surface area contributed by atoms with Gasteiger partial charge < -0.3 is 25.4 Å². The number of carbonyl (C=O) groups excluding carboxylic acids is 4. The quantitative estimate of drug-likeness (QED) is 0.149. The van der Waals surface area contributed by atoms with E-state index in [1.54, 1.807) is 77.4 Å². The van der Waals surface area contributed by atoms with Crippen molar-refractivity contribution < 1.29 is 33.0 Å². The van der Waals surface area contributed by atoms with Gasteiger partial charge >= 0.3 is 12.2 Å². The van der Waals surface area contributed by atoms with Crippen LogP contribution >= 0.6 is 11.6 Å². The Labute approximate surface area is 279 Å². The molecule has 3 aromatic rings. The summed E-state index contributed by atoms with van der Waals surface area (Å²) in [5.41, 5.74) is -0.422. The van der Waals surface area contributed by atoms with Crippen LogP contribution in [0.4, 0.5) is 14.0 Å². The summed E-state index contributed by atoms with van der Waals surface area (Å²) >= 11 is 6.25. The van der Waals surface area contributed by atoms with Crippen LogP contribution in [-0.2, 0) is 20.8 Å². The average molecular weight is 672 g/mol. The molecule has 0 saturated heterocycles. The van der Waals surface area contributed by atoms with E-state index in [9.17, 15) is 23.6 Å². The summed E-state index contributed by atoms with van der Waals surface area (Å²) in [6.07, 6.45) is 1.55. The molecule has 1 atom stereocenters. The molecule has 0 saturated carbocycles. The number of unbranched alkanes of at least 4 members (excludes halogenated alkanes) is 1. The molecular formula is C34H43ClFN5O6. The van der Waals surface area contributed by atoms with Crippen LogP contribution in [-0.4, -0.2) is 57.2 Å². The van der Waals surface area contributed by atoms with E-state index in [2.05, 4.69) is 20.9 Å². The van der Waals surface area contributed by atoms with Gasteiger partial charge in [0.05, 0.1) is 29.7 Å². The number of halogens is 2. The number of aromatic nitrogens is 2. The van der Waals surface area contributed by atoms with Crippen molar-refractivity contribution in [2.45, 2.75) is 91.5 Å². The van der Waals surface area contributed by atoms with Gasteiger partial charge in [0.2, 0.25) is 5.91 Å². The van der Waals surface area contributed by atoms with E-state index in [0.717, 1.165) is 0 Å². The minimum Gasteiger partial charge on any atom is -0.444 e. The predicted octanol–water partition coefficient (Wildman–Crippen LogP) is 6.41. The van der Waals surface area contributed by atoms with Crippen LogP contribution < -0.4 is 16.0 Å². The van der Waals surface area contributed by atoms with E-state index >= 15 is 0 Å². The summed E-state index contributed by atoms with van der Waals surface area (Å²) in [6.45, 7) is 12.5. The molecular weight excluding hydrogens is 629 g/mol. The van der Waals surface area contributed by atoms with E-state index in [1.165, 1.54) is 24.3 Å². The van der Waals surface area contributed by atoms with Crippen molar-refractivity contribution >= 4 is 35.5 Å². The Morgan fingerprint density at radius 3 is 2.23 bits per heavy atom. The zero-order valence-electron chi connectivity index (χ0n) is 27.8. The highest BCUT2D eigenvalue weighted by atomic mass is 35.5. The first-order chi connectivity index (χ1) is 21.9. The van der Waals surface area contributed by atoms with Crippen molar-refractivity contribution in [1.29, 1.82) is 0 Å². The van der Waals surface area contributed by atoms with Crippen molar-refractivity contribution in [3.63, 3.8) is 0 Å². The summed E-state index contributed by atoms with van der Waals surface area (Å²) in [4.78, 5) is 55.8. The molecule has 0 bridgehead atoms. The second kappa shape index (κ2) is 15.9. The largest absolute Gasteiger partial charge is 0.444 e. The summed E-state index contributed by atoms with van der Waals surface area (Å²) in [5.74, 6) is -1.19. The van der Waals surface area contributed by atoms with Crippen LogP contribution in [0.15, 0.2) is 48.7 Å². The lowest BCUT2D eigenvalue weighted by molar-refractivity contribution is -0.123. The third-order valence-corrected chi connectivity index (χ3v) is 6.85. The summed E-state index contributed by atoms with van der Waals surface area (Å²) in [6, 6.07) is 9.43. The van der Waals surface area contributed by atoms with E-state index < -0.39 is 46.9 Å². The maximum absolute atomic E-state index is 14.6. The minimum atomic E-state index is -0.947. The maximum atomic E-state index is 14.6. The van der Waals surface area contributed by atoms with Crippen LogP contribution in [0.2, 0.25) is 5.02 Å². The Kier molecular flexibility index (Phi) is 12.5. The highest BCUT2D eigenvalue weighted by Gasteiger charge is 2.26. The number of rotatable bonds is 12. The normalized spacial score (nSPS) is 12.2. The number of ether oxygens (including phenoxy) is 2. The summed E-state index contributed by atoms with van der Waals surface area (Å²) in [5, 5.41) is 8.46. The number of amides is 3. The van der Waals surface area contributed by atoms with Crippen molar-refractivity contribution in [3.05, 3.63) is 82.1 Å². The van der Waals surface area contributed by atoms with Crippen LogP contribution in [0.1, 0.15) is 88.2 Å². The topological polar surface area (TPSA) is 141 Å². The zero-order valence-corrected chi connectivity index (χ0v) is 28.6. The molecule has 0 radical (unpaired) electrons. The second-order valence-electron chi connectivity index (χ2n) is 12.9. The number of nitrogens with one attached hydrogen (secondary N) is 3. The highest BCUT2D eigenvalue weighted by molar-refractivity contribution is 6.31.